The van der Waals surface area contributed by atoms with E-state index < -0.39 is 0 Å². The lowest BCUT2D eigenvalue weighted by atomic mass is 10.2. The van der Waals surface area contributed by atoms with Gasteiger partial charge in [0.05, 0.1) is 5.75 Å². The number of thioether (sulfide) groups is 1. The van der Waals surface area contributed by atoms with E-state index in [1.54, 1.807) is 4.90 Å². The Kier molecular flexibility index (Phi) is 5.65. The minimum atomic E-state index is 0.0474. The maximum Gasteiger partial charge on any atom is 0.256 e. The van der Waals surface area contributed by atoms with E-state index in [1.807, 2.05) is 45.5 Å². The van der Waals surface area contributed by atoms with Gasteiger partial charge < -0.3 is 9.80 Å². The van der Waals surface area contributed by atoms with E-state index in [9.17, 15) is 4.79 Å². The van der Waals surface area contributed by atoms with E-state index in [0.717, 1.165) is 22.6 Å². The molecule has 142 valence electrons. The van der Waals surface area contributed by atoms with Crippen molar-refractivity contribution in [1.29, 1.82) is 0 Å². The third-order valence-corrected chi connectivity index (χ3v) is 5.20. The van der Waals surface area contributed by atoms with Gasteiger partial charge in [-0.15, -0.1) is 10.2 Å². The first kappa shape index (κ1) is 19.2. The highest BCUT2D eigenvalue weighted by Crippen LogP contribution is 2.19. The van der Waals surface area contributed by atoms with Crippen molar-refractivity contribution in [3.63, 3.8) is 0 Å². The second kappa shape index (κ2) is 7.96. The largest absolute Gasteiger partial charge is 0.378 e. The van der Waals surface area contributed by atoms with Crippen LogP contribution in [0.3, 0.4) is 0 Å². The summed E-state index contributed by atoms with van der Waals surface area (Å²) in [5.74, 6) is 0.920. The highest BCUT2D eigenvalue weighted by Gasteiger charge is 2.15. The normalized spacial score (nSPS) is 11.0. The molecule has 0 unspecified atom stereocenters. The number of carbonyl (C=O) groups excluding carboxylic acids is 1. The summed E-state index contributed by atoms with van der Waals surface area (Å²) in [5.41, 5.74) is 4.15. The van der Waals surface area contributed by atoms with Crippen molar-refractivity contribution >= 4 is 29.1 Å². The van der Waals surface area contributed by atoms with Gasteiger partial charge in [-0.2, -0.15) is 0 Å². The van der Waals surface area contributed by atoms with Gasteiger partial charge in [-0.05, 0) is 37.6 Å². The molecule has 0 aliphatic heterocycles. The molecule has 3 rings (SSSR count). The van der Waals surface area contributed by atoms with Gasteiger partial charge in [-0.25, -0.2) is 4.98 Å². The molecule has 0 radical (unpaired) electrons. The van der Waals surface area contributed by atoms with Crippen LogP contribution in [-0.4, -0.2) is 57.3 Å². The fourth-order valence-electron chi connectivity index (χ4n) is 2.79. The van der Waals surface area contributed by atoms with E-state index >= 15 is 0 Å². The molecule has 0 saturated heterocycles. The van der Waals surface area contributed by atoms with Gasteiger partial charge in [0.1, 0.15) is 0 Å². The van der Waals surface area contributed by atoms with Crippen molar-refractivity contribution in [3.8, 4) is 0 Å². The maximum atomic E-state index is 12.5. The topological polar surface area (TPSA) is 66.6 Å². The first-order chi connectivity index (χ1) is 12.8. The molecule has 0 spiro atoms. The zero-order valence-electron chi connectivity index (χ0n) is 16.3. The third kappa shape index (κ3) is 4.39. The average molecular weight is 385 g/mol. The number of carbonyl (C=O) groups is 1. The molecule has 3 aromatic rings. The number of fused-ring (bicyclic) bond motifs is 1. The second-order valence-electron chi connectivity index (χ2n) is 6.76. The number of benzene rings is 1. The molecule has 7 nitrogen and oxygen atoms in total. The predicted octanol–water partition coefficient (Wildman–Crippen LogP) is 2.56. The summed E-state index contributed by atoms with van der Waals surface area (Å²) in [6, 6.07) is 10.2. The molecule has 0 N–H and O–H groups in total. The number of anilines is 1. The van der Waals surface area contributed by atoms with Gasteiger partial charge in [0.2, 0.25) is 5.91 Å². The van der Waals surface area contributed by atoms with E-state index in [-0.39, 0.29) is 5.91 Å². The number of amides is 1. The van der Waals surface area contributed by atoms with Crippen molar-refractivity contribution in [2.24, 2.45) is 0 Å². The zero-order chi connectivity index (χ0) is 19.6. The molecular formula is C19H24N6OS. The van der Waals surface area contributed by atoms with Crippen molar-refractivity contribution in [2.45, 2.75) is 25.5 Å². The molecule has 0 aliphatic carbocycles. The number of nitrogens with zero attached hydrogens (tertiary/aromatic N) is 6. The van der Waals surface area contributed by atoms with Crippen LogP contribution in [0.2, 0.25) is 0 Å². The second-order valence-corrected chi connectivity index (χ2v) is 7.70. The summed E-state index contributed by atoms with van der Waals surface area (Å²) >= 11 is 1.38. The van der Waals surface area contributed by atoms with Crippen LogP contribution in [0.4, 0.5) is 5.69 Å². The Hall–Kier alpha value is -2.61. The number of hydrogen-bond donors (Lipinski definition) is 0. The Labute approximate surface area is 163 Å². The summed E-state index contributed by atoms with van der Waals surface area (Å²) in [6.45, 7) is 4.49. The SMILES string of the molecule is Cc1cc(C)n2c(SCC(=O)N(C)Cc3ccc(N(C)C)cc3)nnc2n1. The van der Waals surface area contributed by atoms with Gasteiger partial charge in [-0.3, -0.25) is 9.20 Å². The fourth-order valence-corrected chi connectivity index (χ4v) is 3.72. The van der Waals surface area contributed by atoms with E-state index in [0.29, 0.717) is 23.2 Å². The Bertz CT molecular complexity index is 951. The first-order valence-corrected chi connectivity index (χ1v) is 9.66. The van der Waals surface area contributed by atoms with Crippen LogP contribution < -0.4 is 4.90 Å². The molecule has 0 bridgehead atoms. The summed E-state index contributed by atoms with van der Waals surface area (Å²) < 4.78 is 1.88. The van der Waals surface area contributed by atoms with Crippen LogP contribution in [0.5, 0.6) is 0 Å². The molecule has 1 aromatic carbocycles. The van der Waals surface area contributed by atoms with Crippen LogP contribution >= 0.6 is 11.8 Å². The molecule has 0 fully saturated rings. The molecule has 27 heavy (non-hydrogen) atoms. The van der Waals surface area contributed by atoms with E-state index in [2.05, 4.69) is 44.3 Å². The summed E-state index contributed by atoms with van der Waals surface area (Å²) in [4.78, 5) is 20.7. The Balaban J connectivity index is 1.62. The lowest BCUT2D eigenvalue weighted by Gasteiger charge is -2.18. The van der Waals surface area contributed by atoms with Gasteiger partial charge in [0.15, 0.2) is 5.16 Å². The van der Waals surface area contributed by atoms with Crippen molar-refractivity contribution in [1.82, 2.24) is 24.5 Å². The van der Waals surface area contributed by atoms with Gasteiger partial charge in [0.25, 0.3) is 5.78 Å². The summed E-state index contributed by atoms with van der Waals surface area (Å²) in [7, 11) is 5.84. The minimum Gasteiger partial charge on any atom is -0.378 e. The lowest BCUT2D eigenvalue weighted by Crippen LogP contribution is -2.27. The molecule has 2 aromatic heterocycles. The van der Waals surface area contributed by atoms with Gasteiger partial charge in [0, 0.05) is 44.8 Å². The van der Waals surface area contributed by atoms with Crippen LogP contribution in [0, 0.1) is 13.8 Å². The van der Waals surface area contributed by atoms with Crippen molar-refractivity contribution in [2.75, 3.05) is 31.8 Å². The molecule has 1 amide bonds. The Morgan fingerprint density at radius 1 is 1.11 bits per heavy atom. The molecule has 0 aliphatic rings. The van der Waals surface area contributed by atoms with Crippen LogP contribution in [-0.2, 0) is 11.3 Å². The monoisotopic (exact) mass is 384 g/mol. The number of hydrogen-bond acceptors (Lipinski definition) is 6. The smallest absolute Gasteiger partial charge is 0.256 e. The standard InChI is InChI=1S/C19H24N6OS/c1-13-10-14(2)25-18(20-13)21-22-19(25)27-12-17(26)24(5)11-15-6-8-16(9-7-15)23(3)4/h6-10H,11-12H2,1-5H3. The number of aryl methyl sites for hydroxylation is 2. The minimum absolute atomic E-state index is 0.0474. The molecule has 2 heterocycles. The van der Waals surface area contributed by atoms with Gasteiger partial charge >= 0.3 is 0 Å². The van der Waals surface area contributed by atoms with Crippen LogP contribution in [0.1, 0.15) is 17.0 Å². The van der Waals surface area contributed by atoms with Gasteiger partial charge in [-0.1, -0.05) is 23.9 Å². The lowest BCUT2D eigenvalue weighted by molar-refractivity contribution is -0.127. The first-order valence-electron chi connectivity index (χ1n) is 8.67. The Morgan fingerprint density at radius 2 is 1.81 bits per heavy atom. The number of aromatic nitrogens is 4. The number of rotatable bonds is 6. The summed E-state index contributed by atoms with van der Waals surface area (Å²) in [5, 5.41) is 8.97. The molecule has 0 atom stereocenters. The third-order valence-electron chi connectivity index (χ3n) is 4.29. The average Bonchev–Trinajstić information content (AvgIpc) is 3.03. The van der Waals surface area contributed by atoms with E-state index in [4.69, 9.17) is 0 Å². The highest BCUT2D eigenvalue weighted by atomic mass is 32.2. The van der Waals surface area contributed by atoms with Crippen LogP contribution in [0.15, 0.2) is 35.5 Å². The van der Waals surface area contributed by atoms with E-state index in [1.165, 1.54) is 11.8 Å². The summed E-state index contributed by atoms with van der Waals surface area (Å²) in [6.07, 6.45) is 0. The highest BCUT2D eigenvalue weighted by molar-refractivity contribution is 7.99. The predicted molar refractivity (Wildman–Crippen MR) is 108 cm³/mol. The zero-order valence-corrected chi connectivity index (χ0v) is 17.1. The molecule has 0 saturated carbocycles. The van der Waals surface area contributed by atoms with Crippen molar-refractivity contribution < 1.29 is 4.79 Å². The van der Waals surface area contributed by atoms with Crippen molar-refractivity contribution in [3.05, 3.63) is 47.3 Å². The maximum absolute atomic E-state index is 12.5. The Morgan fingerprint density at radius 3 is 2.48 bits per heavy atom. The molecule has 8 heteroatoms. The fraction of sp³-hybridized carbons (Fsp3) is 0.368. The molecular weight excluding hydrogens is 360 g/mol. The van der Waals surface area contributed by atoms with Crippen LogP contribution in [0.25, 0.3) is 5.78 Å². The quantitative estimate of drug-likeness (QED) is 0.609.